The lowest BCUT2D eigenvalue weighted by Gasteiger charge is -2.53. The highest BCUT2D eigenvalue weighted by atomic mass is 16.5. The number of carbonyl (C=O) groups excluding carboxylic acids is 2. The molecule has 0 spiro atoms. The van der Waals surface area contributed by atoms with Crippen LogP contribution in [0.5, 0.6) is 0 Å². The highest BCUT2D eigenvalue weighted by Gasteiger charge is 2.49. The Balaban J connectivity index is 1.72. The molecule has 2 heterocycles. The molecule has 0 N–H and O–H groups in total. The molecule has 2 atom stereocenters. The third kappa shape index (κ3) is 3.85. The van der Waals surface area contributed by atoms with Gasteiger partial charge in [-0.1, -0.05) is 30.3 Å². The van der Waals surface area contributed by atoms with E-state index in [1.54, 1.807) is 7.11 Å². The maximum atomic E-state index is 12.5. The Bertz CT molecular complexity index is 621. The third-order valence-corrected chi connectivity index (χ3v) is 5.17. The van der Waals surface area contributed by atoms with E-state index in [0.717, 1.165) is 12.0 Å². The number of hydrogen-bond donors (Lipinski definition) is 0. The number of hydrogen-bond acceptors (Lipinski definition) is 4. The van der Waals surface area contributed by atoms with Crippen LogP contribution in [0.3, 0.4) is 0 Å². The van der Waals surface area contributed by atoms with E-state index in [1.165, 1.54) is 0 Å². The van der Waals surface area contributed by atoms with Crippen molar-refractivity contribution in [2.24, 2.45) is 0 Å². The van der Waals surface area contributed by atoms with Crippen LogP contribution in [0.2, 0.25) is 0 Å². The fourth-order valence-electron chi connectivity index (χ4n) is 3.80. The minimum Gasteiger partial charge on any atom is -0.384 e. The molecule has 0 saturated carbocycles. The van der Waals surface area contributed by atoms with E-state index < -0.39 is 5.60 Å². The number of nitrogens with zero attached hydrogens (tertiary/aromatic N) is 2. The van der Waals surface area contributed by atoms with Gasteiger partial charge >= 0.3 is 0 Å². The highest BCUT2D eigenvalue weighted by Crippen LogP contribution is 2.34. The number of likely N-dealkylation sites (tertiary alicyclic amines) is 1. The van der Waals surface area contributed by atoms with Crippen molar-refractivity contribution < 1.29 is 19.1 Å². The number of rotatable bonds is 5. The number of fused-ring (bicyclic) bond motifs is 1. The fraction of sp³-hybridized carbons (Fsp3) is 0.579. The molecule has 2 saturated heterocycles. The number of methoxy groups -OCH3 is 1. The summed E-state index contributed by atoms with van der Waals surface area (Å²) >= 11 is 0. The Hall–Kier alpha value is -1.92. The van der Waals surface area contributed by atoms with Gasteiger partial charge in [-0.3, -0.25) is 9.59 Å². The van der Waals surface area contributed by atoms with Gasteiger partial charge in [0.15, 0.2) is 0 Å². The average molecular weight is 346 g/mol. The zero-order chi connectivity index (χ0) is 17.9. The van der Waals surface area contributed by atoms with Crippen molar-refractivity contribution in [3.8, 4) is 0 Å². The minimum absolute atomic E-state index is 0.0135. The van der Waals surface area contributed by atoms with Crippen LogP contribution in [-0.2, 0) is 25.6 Å². The second-order valence-electron chi connectivity index (χ2n) is 6.97. The summed E-state index contributed by atoms with van der Waals surface area (Å²) in [5.74, 6) is 0.0992. The molecule has 2 aliphatic heterocycles. The summed E-state index contributed by atoms with van der Waals surface area (Å²) in [6.45, 7) is 4.25. The Morgan fingerprint density at radius 3 is 2.84 bits per heavy atom. The Morgan fingerprint density at radius 1 is 1.36 bits per heavy atom. The van der Waals surface area contributed by atoms with Crippen molar-refractivity contribution in [3.05, 3.63) is 35.9 Å². The molecule has 2 aliphatic rings. The quantitative estimate of drug-likeness (QED) is 0.810. The molecule has 6 heteroatoms. The van der Waals surface area contributed by atoms with Crippen LogP contribution in [0.4, 0.5) is 0 Å². The van der Waals surface area contributed by atoms with Crippen LogP contribution < -0.4 is 0 Å². The van der Waals surface area contributed by atoms with Gasteiger partial charge in [0.25, 0.3) is 0 Å². The van der Waals surface area contributed by atoms with Gasteiger partial charge < -0.3 is 19.3 Å². The first-order valence-corrected chi connectivity index (χ1v) is 8.77. The molecule has 0 radical (unpaired) electrons. The topological polar surface area (TPSA) is 59.1 Å². The lowest BCUT2D eigenvalue weighted by Crippen LogP contribution is -2.67. The first-order valence-electron chi connectivity index (χ1n) is 8.77. The summed E-state index contributed by atoms with van der Waals surface area (Å²) in [6.07, 6.45) is 1.11. The second-order valence-corrected chi connectivity index (χ2v) is 6.97. The van der Waals surface area contributed by atoms with E-state index >= 15 is 0 Å². The smallest absolute Gasteiger partial charge is 0.249 e. The Kier molecular flexibility index (Phi) is 5.39. The summed E-state index contributed by atoms with van der Waals surface area (Å²) in [4.78, 5) is 28.5. The minimum atomic E-state index is -0.524. The number of ether oxygens (including phenoxy) is 2. The number of piperidine rings is 1. The van der Waals surface area contributed by atoms with Gasteiger partial charge in [-0.2, -0.15) is 0 Å². The zero-order valence-electron chi connectivity index (χ0n) is 14.9. The van der Waals surface area contributed by atoms with E-state index in [-0.39, 0.29) is 24.5 Å². The van der Waals surface area contributed by atoms with Crippen LogP contribution in [0.15, 0.2) is 30.3 Å². The highest BCUT2D eigenvalue weighted by molar-refractivity contribution is 5.79. The van der Waals surface area contributed by atoms with E-state index in [4.69, 9.17) is 9.47 Å². The fourth-order valence-corrected chi connectivity index (χ4v) is 3.80. The summed E-state index contributed by atoms with van der Waals surface area (Å²) in [6, 6.07) is 9.99. The van der Waals surface area contributed by atoms with Gasteiger partial charge in [0.05, 0.1) is 25.6 Å². The first-order chi connectivity index (χ1) is 12.0. The van der Waals surface area contributed by atoms with Gasteiger partial charge in [-0.15, -0.1) is 0 Å². The van der Waals surface area contributed by atoms with Crippen LogP contribution in [0.25, 0.3) is 0 Å². The zero-order valence-corrected chi connectivity index (χ0v) is 14.9. The molecule has 1 aromatic carbocycles. The SMILES string of the molecule is COCCC(=O)N1CC[C@H]2N(Cc3ccccc3)C(=O)CO[C@]2(C)C1. The number of morpholine rings is 1. The van der Waals surface area contributed by atoms with Gasteiger partial charge in [0, 0.05) is 20.2 Å². The number of amides is 2. The normalized spacial score (nSPS) is 26.5. The molecule has 0 unspecified atom stereocenters. The molecule has 1 aromatic rings. The molecule has 6 nitrogen and oxygen atoms in total. The molecule has 2 fully saturated rings. The van der Waals surface area contributed by atoms with Crippen molar-refractivity contribution in [2.45, 2.75) is 38.0 Å². The van der Waals surface area contributed by atoms with Crippen molar-refractivity contribution >= 4 is 11.8 Å². The lowest BCUT2D eigenvalue weighted by atomic mass is 9.85. The standard InChI is InChI=1S/C19H26N2O4/c1-19-14-20(17(22)9-11-24-2)10-8-16(19)21(18(23)13-25-19)12-15-6-4-3-5-7-15/h3-7,16H,8-14H2,1-2H3/t16-,19-/m1/s1. The number of benzene rings is 1. The molecule has 0 bridgehead atoms. The third-order valence-electron chi connectivity index (χ3n) is 5.17. The van der Waals surface area contributed by atoms with Gasteiger partial charge in [0.2, 0.25) is 11.8 Å². The van der Waals surface area contributed by atoms with Gasteiger partial charge in [-0.05, 0) is 18.9 Å². The predicted molar refractivity (Wildman–Crippen MR) is 92.8 cm³/mol. The lowest BCUT2D eigenvalue weighted by molar-refractivity contribution is -0.190. The molecule has 2 amide bonds. The summed E-state index contributed by atoms with van der Waals surface area (Å²) in [5.41, 5.74) is 0.586. The molecule has 136 valence electrons. The van der Waals surface area contributed by atoms with Crippen molar-refractivity contribution in [1.29, 1.82) is 0 Å². The van der Waals surface area contributed by atoms with Crippen molar-refractivity contribution in [3.63, 3.8) is 0 Å². The van der Waals surface area contributed by atoms with Crippen LogP contribution in [0, 0.1) is 0 Å². The largest absolute Gasteiger partial charge is 0.384 e. The second kappa shape index (κ2) is 7.54. The predicted octanol–water partition coefficient (Wildman–Crippen LogP) is 1.44. The van der Waals surface area contributed by atoms with E-state index in [2.05, 4.69) is 0 Å². The maximum absolute atomic E-state index is 12.5. The van der Waals surface area contributed by atoms with E-state index in [9.17, 15) is 9.59 Å². The molecule has 3 rings (SSSR count). The summed E-state index contributed by atoms with van der Waals surface area (Å²) in [5, 5.41) is 0. The maximum Gasteiger partial charge on any atom is 0.249 e. The first kappa shape index (κ1) is 17.9. The summed E-state index contributed by atoms with van der Waals surface area (Å²) < 4.78 is 10.9. The monoisotopic (exact) mass is 346 g/mol. The Labute approximate surface area is 148 Å². The molecule has 25 heavy (non-hydrogen) atoms. The average Bonchev–Trinajstić information content (AvgIpc) is 2.62. The molecule has 0 aliphatic carbocycles. The molecular weight excluding hydrogens is 320 g/mol. The van der Waals surface area contributed by atoms with Crippen LogP contribution in [0.1, 0.15) is 25.3 Å². The molecular formula is C19H26N2O4. The molecule has 0 aromatic heterocycles. The summed E-state index contributed by atoms with van der Waals surface area (Å²) in [7, 11) is 1.60. The van der Waals surface area contributed by atoms with Crippen LogP contribution >= 0.6 is 0 Å². The Morgan fingerprint density at radius 2 is 2.12 bits per heavy atom. The van der Waals surface area contributed by atoms with Crippen LogP contribution in [-0.4, -0.2) is 66.7 Å². The van der Waals surface area contributed by atoms with Crippen molar-refractivity contribution in [1.82, 2.24) is 9.80 Å². The van der Waals surface area contributed by atoms with Crippen molar-refractivity contribution in [2.75, 3.05) is 33.4 Å². The van der Waals surface area contributed by atoms with E-state index in [1.807, 2.05) is 47.1 Å². The van der Waals surface area contributed by atoms with Gasteiger partial charge in [-0.25, -0.2) is 0 Å². The number of carbonyl (C=O) groups is 2. The van der Waals surface area contributed by atoms with E-state index in [0.29, 0.717) is 32.7 Å². The van der Waals surface area contributed by atoms with Gasteiger partial charge in [0.1, 0.15) is 12.2 Å².